The maximum absolute atomic E-state index is 13.1. The van der Waals surface area contributed by atoms with Crippen LogP contribution in [0.4, 0.5) is 10.5 Å². The molecule has 0 bridgehead atoms. The number of rotatable bonds is 4. The van der Waals surface area contributed by atoms with Gasteiger partial charge in [-0.05, 0) is 42.0 Å². The maximum Gasteiger partial charge on any atom is 0.332 e. The van der Waals surface area contributed by atoms with Gasteiger partial charge in [0.25, 0.3) is 5.91 Å². The van der Waals surface area contributed by atoms with E-state index in [1.165, 1.54) is 15.9 Å². The van der Waals surface area contributed by atoms with Crippen molar-refractivity contribution in [1.29, 1.82) is 0 Å². The van der Waals surface area contributed by atoms with Crippen LogP contribution in [0.2, 0.25) is 5.02 Å². The number of nitrogens with one attached hydrogen (secondary N) is 2. The fourth-order valence-electron chi connectivity index (χ4n) is 2.86. The lowest BCUT2D eigenvalue weighted by Gasteiger charge is -2.10. The third kappa shape index (κ3) is 4.91. The summed E-state index contributed by atoms with van der Waals surface area (Å²) in [5.74, 6) is -0.361. The molecular formula is C23H17ClN4O2S. The van der Waals surface area contributed by atoms with E-state index in [0.29, 0.717) is 26.8 Å². The largest absolute Gasteiger partial charge is 0.332 e. The van der Waals surface area contributed by atoms with Gasteiger partial charge in [-0.2, -0.15) is 0 Å². The van der Waals surface area contributed by atoms with Crippen molar-refractivity contribution in [3.05, 3.63) is 106 Å². The van der Waals surface area contributed by atoms with Crippen LogP contribution in [0.1, 0.15) is 10.4 Å². The zero-order valence-electron chi connectivity index (χ0n) is 16.2. The van der Waals surface area contributed by atoms with Crippen LogP contribution in [-0.2, 0) is 0 Å². The Bertz CT molecular complexity index is 1270. The van der Waals surface area contributed by atoms with Gasteiger partial charge in [-0.15, -0.1) is 16.4 Å². The Hall–Kier alpha value is -3.68. The minimum absolute atomic E-state index is 0.328. The first-order valence-corrected chi connectivity index (χ1v) is 10.6. The van der Waals surface area contributed by atoms with Gasteiger partial charge in [0.1, 0.15) is 0 Å². The molecule has 0 saturated heterocycles. The second-order valence-electron chi connectivity index (χ2n) is 6.46. The van der Waals surface area contributed by atoms with Crippen LogP contribution in [-0.4, -0.2) is 16.5 Å². The number of anilines is 1. The molecule has 0 saturated carbocycles. The summed E-state index contributed by atoms with van der Waals surface area (Å²) in [5.41, 5.74) is 5.09. The van der Waals surface area contributed by atoms with Crippen LogP contribution in [0.3, 0.4) is 0 Å². The molecular weight excluding hydrogens is 432 g/mol. The third-order valence-electron chi connectivity index (χ3n) is 4.37. The summed E-state index contributed by atoms with van der Waals surface area (Å²) in [6.45, 7) is 0. The molecule has 4 aromatic rings. The quantitative estimate of drug-likeness (QED) is 0.421. The molecule has 0 spiro atoms. The van der Waals surface area contributed by atoms with Crippen LogP contribution in [0, 0.1) is 0 Å². The van der Waals surface area contributed by atoms with E-state index < -0.39 is 6.03 Å². The summed E-state index contributed by atoms with van der Waals surface area (Å²) in [7, 11) is 0. The lowest BCUT2D eigenvalue weighted by Crippen LogP contribution is -2.31. The molecule has 0 aliphatic carbocycles. The van der Waals surface area contributed by atoms with Crippen LogP contribution in [0.5, 0.6) is 0 Å². The van der Waals surface area contributed by atoms with E-state index in [9.17, 15) is 9.59 Å². The Kier molecular flexibility index (Phi) is 6.26. The van der Waals surface area contributed by atoms with Crippen molar-refractivity contribution < 1.29 is 9.59 Å². The van der Waals surface area contributed by atoms with Crippen molar-refractivity contribution in [2.75, 3.05) is 5.32 Å². The van der Waals surface area contributed by atoms with E-state index in [1.54, 1.807) is 48.5 Å². The summed E-state index contributed by atoms with van der Waals surface area (Å²) in [4.78, 5) is 25.8. The van der Waals surface area contributed by atoms with Gasteiger partial charge in [-0.1, -0.05) is 60.1 Å². The van der Waals surface area contributed by atoms with Crippen molar-refractivity contribution in [3.63, 3.8) is 0 Å². The molecule has 1 aromatic heterocycles. The molecule has 0 unspecified atom stereocenters. The average Bonchev–Trinajstić information content (AvgIpc) is 3.24. The van der Waals surface area contributed by atoms with E-state index >= 15 is 0 Å². The highest BCUT2D eigenvalue weighted by molar-refractivity contribution is 7.07. The Morgan fingerprint density at radius 2 is 1.52 bits per heavy atom. The van der Waals surface area contributed by atoms with Crippen molar-refractivity contribution in [2.24, 2.45) is 5.10 Å². The van der Waals surface area contributed by atoms with E-state index in [4.69, 9.17) is 11.6 Å². The number of thiazole rings is 1. The lowest BCUT2D eigenvalue weighted by molar-refractivity contribution is 0.0953. The summed E-state index contributed by atoms with van der Waals surface area (Å²) in [6, 6.07) is 24.6. The van der Waals surface area contributed by atoms with Gasteiger partial charge in [0.05, 0.1) is 5.69 Å². The standard InChI is InChI=1S/C23H17ClN4O2S/c24-18-11-13-19(14-12-18)25-22(30)28-20(16-7-3-1-4-8-16)15-31-23(28)27-26-21(29)17-9-5-2-6-10-17/h1-15H,(H,25,30)(H,26,29). The van der Waals surface area contributed by atoms with Crippen molar-refractivity contribution in [3.8, 4) is 11.3 Å². The first-order chi connectivity index (χ1) is 15.1. The number of hydrogen-bond donors (Lipinski definition) is 2. The van der Waals surface area contributed by atoms with Crippen molar-refractivity contribution in [2.45, 2.75) is 0 Å². The molecule has 2 N–H and O–H groups in total. The highest BCUT2D eigenvalue weighted by Gasteiger charge is 2.15. The number of aromatic nitrogens is 1. The highest BCUT2D eigenvalue weighted by Crippen LogP contribution is 2.20. The van der Waals surface area contributed by atoms with Gasteiger partial charge >= 0.3 is 6.03 Å². The second-order valence-corrected chi connectivity index (χ2v) is 7.73. The number of carbonyl (C=O) groups is 2. The lowest BCUT2D eigenvalue weighted by atomic mass is 10.2. The fraction of sp³-hybridized carbons (Fsp3) is 0. The summed E-state index contributed by atoms with van der Waals surface area (Å²) < 4.78 is 1.43. The molecule has 6 nitrogen and oxygen atoms in total. The SMILES string of the molecule is O=C(NN=c1scc(-c2ccccc2)n1C(=O)Nc1ccc(Cl)cc1)c1ccccc1. The van der Waals surface area contributed by atoms with Gasteiger partial charge < -0.3 is 5.32 Å². The summed E-state index contributed by atoms with van der Waals surface area (Å²) >= 11 is 7.18. The predicted octanol–water partition coefficient (Wildman–Crippen LogP) is 5.20. The van der Waals surface area contributed by atoms with Gasteiger partial charge in [0, 0.05) is 21.7 Å². The molecule has 0 radical (unpaired) electrons. The molecule has 0 aliphatic heterocycles. The average molecular weight is 449 g/mol. The van der Waals surface area contributed by atoms with E-state index in [2.05, 4.69) is 15.8 Å². The fourth-order valence-corrected chi connectivity index (χ4v) is 3.83. The van der Waals surface area contributed by atoms with Crippen LogP contribution in [0.15, 0.2) is 95.4 Å². The first kappa shape index (κ1) is 20.6. The molecule has 0 aliphatic rings. The summed E-state index contributed by atoms with van der Waals surface area (Å²) in [6.07, 6.45) is 0. The number of hydrogen-bond acceptors (Lipinski definition) is 4. The van der Waals surface area contributed by atoms with Crippen molar-refractivity contribution in [1.82, 2.24) is 9.99 Å². The smallest absolute Gasteiger partial charge is 0.307 e. The highest BCUT2D eigenvalue weighted by atomic mass is 35.5. The monoisotopic (exact) mass is 448 g/mol. The zero-order chi connectivity index (χ0) is 21.6. The van der Waals surface area contributed by atoms with Crippen LogP contribution < -0.4 is 15.5 Å². The molecule has 154 valence electrons. The minimum atomic E-state index is -0.407. The number of nitrogens with zero attached hydrogens (tertiary/aromatic N) is 2. The predicted molar refractivity (Wildman–Crippen MR) is 123 cm³/mol. The van der Waals surface area contributed by atoms with Gasteiger partial charge in [0.2, 0.25) is 4.80 Å². The van der Waals surface area contributed by atoms with E-state index in [-0.39, 0.29) is 5.91 Å². The molecule has 31 heavy (non-hydrogen) atoms. The summed E-state index contributed by atoms with van der Waals surface area (Å²) in [5, 5.41) is 9.44. The normalized spacial score (nSPS) is 11.2. The number of halogens is 1. The maximum atomic E-state index is 13.1. The molecule has 0 atom stereocenters. The van der Waals surface area contributed by atoms with Crippen LogP contribution in [0.25, 0.3) is 11.3 Å². The molecule has 1 heterocycles. The zero-order valence-corrected chi connectivity index (χ0v) is 17.7. The van der Waals surface area contributed by atoms with Gasteiger partial charge in [-0.25, -0.2) is 14.8 Å². The second kappa shape index (κ2) is 9.42. The van der Waals surface area contributed by atoms with Gasteiger partial charge in [0.15, 0.2) is 0 Å². The van der Waals surface area contributed by atoms with Gasteiger partial charge in [-0.3, -0.25) is 4.79 Å². The molecule has 3 aromatic carbocycles. The number of carbonyl (C=O) groups excluding carboxylic acids is 2. The Morgan fingerprint density at radius 1 is 0.871 bits per heavy atom. The third-order valence-corrected chi connectivity index (χ3v) is 5.44. The topological polar surface area (TPSA) is 75.5 Å². The first-order valence-electron chi connectivity index (χ1n) is 9.34. The van der Waals surface area contributed by atoms with E-state index in [1.807, 2.05) is 41.8 Å². The number of benzene rings is 3. The molecule has 8 heteroatoms. The molecule has 0 fully saturated rings. The van der Waals surface area contributed by atoms with E-state index in [0.717, 1.165) is 5.56 Å². The molecule has 2 amide bonds. The number of amides is 2. The molecule has 4 rings (SSSR count). The van der Waals surface area contributed by atoms with Crippen molar-refractivity contribution >= 4 is 40.6 Å². The Balaban J connectivity index is 1.70. The Labute approximate surface area is 187 Å². The minimum Gasteiger partial charge on any atom is -0.307 e. The van der Waals surface area contributed by atoms with Crippen LogP contribution >= 0.6 is 22.9 Å². The Morgan fingerprint density at radius 3 is 2.19 bits per heavy atom.